The normalized spacial score (nSPS) is 14.0. The molecule has 2 amide bonds. The minimum atomic E-state index is -0.253. The minimum absolute atomic E-state index is 0.0149. The number of nitrogens with zero attached hydrogens (tertiary/aromatic N) is 2. The molecule has 0 atom stereocenters. The number of carbonyl (C=O) groups excluding carboxylic acids is 2. The molecule has 1 N–H and O–H groups in total. The summed E-state index contributed by atoms with van der Waals surface area (Å²) in [4.78, 5) is 28.8. The lowest BCUT2D eigenvalue weighted by molar-refractivity contribution is -0.134. The number of halogens is 1. The number of piperazine rings is 1. The summed E-state index contributed by atoms with van der Waals surface area (Å²) in [7, 11) is 0. The van der Waals surface area contributed by atoms with E-state index < -0.39 is 0 Å². The molecule has 0 aromatic heterocycles. The van der Waals surface area contributed by atoms with Crippen LogP contribution in [-0.2, 0) is 9.59 Å². The third-order valence-corrected chi connectivity index (χ3v) is 5.66. The van der Waals surface area contributed by atoms with Crippen LogP contribution in [0.2, 0.25) is 5.02 Å². The van der Waals surface area contributed by atoms with Gasteiger partial charge in [0.1, 0.15) is 5.75 Å². The van der Waals surface area contributed by atoms with Gasteiger partial charge in [-0.1, -0.05) is 49.2 Å². The predicted octanol–water partition coefficient (Wildman–Crippen LogP) is 4.28. The summed E-state index contributed by atoms with van der Waals surface area (Å²) < 4.78 is 5.70. The molecule has 0 radical (unpaired) electrons. The zero-order chi connectivity index (χ0) is 22.5. The van der Waals surface area contributed by atoms with Gasteiger partial charge in [0.15, 0.2) is 6.61 Å². The van der Waals surface area contributed by atoms with Crippen molar-refractivity contribution in [2.75, 3.05) is 43.0 Å². The molecule has 1 aliphatic heterocycles. The zero-order valence-electron chi connectivity index (χ0n) is 18.6. The smallest absolute Gasteiger partial charge is 0.262 e. The van der Waals surface area contributed by atoms with Crippen LogP contribution in [0, 0.1) is 19.8 Å². The Balaban J connectivity index is 1.66. The van der Waals surface area contributed by atoms with E-state index in [2.05, 4.69) is 10.2 Å². The van der Waals surface area contributed by atoms with Crippen LogP contribution >= 0.6 is 11.6 Å². The van der Waals surface area contributed by atoms with Gasteiger partial charge in [-0.3, -0.25) is 9.59 Å². The number of hydrogen-bond donors (Lipinski definition) is 1. The highest BCUT2D eigenvalue weighted by Gasteiger charge is 2.25. The van der Waals surface area contributed by atoms with Gasteiger partial charge < -0.3 is 19.9 Å². The molecule has 1 aliphatic rings. The quantitative estimate of drug-likeness (QED) is 0.723. The summed E-state index contributed by atoms with van der Waals surface area (Å²) in [6.45, 7) is 10.3. The largest absolute Gasteiger partial charge is 0.483 e. The van der Waals surface area contributed by atoms with E-state index in [9.17, 15) is 9.59 Å². The number of nitrogens with one attached hydrogen (secondary N) is 1. The lowest BCUT2D eigenvalue weighted by atomic mass is 10.1. The van der Waals surface area contributed by atoms with Gasteiger partial charge in [0, 0.05) is 32.1 Å². The molecular formula is C24H30ClN3O3. The second-order valence-corrected chi connectivity index (χ2v) is 8.62. The van der Waals surface area contributed by atoms with E-state index in [0.29, 0.717) is 42.6 Å². The summed E-state index contributed by atoms with van der Waals surface area (Å²) >= 11 is 6.50. The first kappa shape index (κ1) is 22.9. The highest BCUT2D eigenvalue weighted by molar-refractivity contribution is 6.34. The van der Waals surface area contributed by atoms with Crippen LogP contribution in [0.25, 0.3) is 0 Å². The summed E-state index contributed by atoms with van der Waals surface area (Å²) in [6, 6.07) is 11.3. The highest BCUT2D eigenvalue weighted by Crippen LogP contribution is 2.34. The number of aryl methyl sites for hydroxylation is 2. The van der Waals surface area contributed by atoms with Crippen LogP contribution in [0.5, 0.6) is 5.75 Å². The summed E-state index contributed by atoms with van der Waals surface area (Å²) in [5, 5.41) is 3.50. The molecule has 166 valence electrons. The molecule has 0 bridgehead atoms. The Morgan fingerprint density at radius 3 is 2.45 bits per heavy atom. The van der Waals surface area contributed by atoms with Crippen molar-refractivity contribution in [3.63, 3.8) is 0 Å². The van der Waals surface area contributed by atoms with Gasteiger partial charge in [0.05, 0.1) is 16.4 Å². The fourth-order valence-electron chi connectivity index (χ4n) is 3.74. The van der Waals surface area contributed by atoms with E-state index in [1.165, 1.54) is 0 Å². The van der Waals surface area contributed by atoms with Crippen molar-refractivity contribution in [3.05, 3.63) is 52.5 Å². The molecule has 2 aromatic carbocycles. The molecule has 6 nitrogen and oxygen atoms in total. The van der Waals surface area contributed by atoms with Crippen LogP contribution in [0.1, 0.15) is 25.0 Å². The van der Waals surface area contributed by atoms with Crippen molar-refractivity contribution in [1.82, 2.24) is 4.90 Å². The van der Waals surface area contributed by atoms with E-state index >= 15 is 0 Å². The van der Waals surface area contributed by atoms with Gasteiger partial charge in [0.2, 0.25) is 5.91 Å². The third-order valence-electron chi connectivity index (χ3n) is 5.35. The minimum Gasteiger partial charge on any atom is -0.483 e. The van der Waals surface area contributed by atoms with Crippen molar-refractivity contribution in [1.29, 1.82) is 0 Å². The van der Waals surface area contributed by atoms with Crippen LogP contribution in [-0.4, -0.2) is 49.5 Å². The van der Waals surface area contributed by atoms with Crippen LogP contribution in [0.4, 0.5) is 11.4 Å². The van der Waals surface area contributed by atoms with Gasteiger partial charge in [-0.2, -0.15) is 0 Å². The van der Waals surface area contributed by atoms with Crippen molar-refractivity contribution < 1.29 is 14.3 Å². The Hall–Kier alpha value is -2.73. The first-order valence-corrected chi connectivity index (χ1v) is 11.0. The molecule has 0 saturated carbocycles. The predicted molar refractivity (Wildman–Crippen MR) is 125 cm³/mol. The van der Waals surface area contributed by atoms with E-state index in [4.69, 9.17) is 16.3 Å². The Morgan fingerprint density at radius 2 is 1.81 bits per heavy atom. The Kier molecular flexibility index (Phi) is 7.44. The second kappa shape index (κ2) is 10.1. The molecular weight excluding hydrogens is 414 g/mol. The molecule has 0 unspecified atom stereocenters. The Morgan fingerprint density at radius 1 is 1.10 bits per heavy atom. The first-order chi connectivity index (χ1) is 14.8. The molecule has 31 heavy (non-hydrogen) atoms. The van der Waals surface area contributed by atoms with Gasteiger partial charge >= 0.3 is 0 Å². The number of anilines is 2. The topological polar surface area (TPSA) is 61.9 Å². The molecule has 0 aliphatic carbocycles. The number of carbonyl (C=O) groups is 2. The highest BCUT2D eigenvalue weighted by atomic mass is 35.5. The summed E-state index contributed by atoms with van der Waals surface area (Å²) in [5.74, 6) is 0.588. The first-order valence-electron chi connectivity index (χ1n) is 10.6. The SMILES string of the molecule is Cc1ccc(OCC(=O)Nc2cccc(Cl)c2N2CCN(C(=O)C(C)C)CC2)c(C)c1. The number of hydrogen-bond acceptors (Lipinski definition) is 4. The molecule has 1 heterocycles. The number of benzene rings is 2. The molecule has 0 spiro atoms. The number of para-hydroxylation sites is 1. The molecule has 1 fully saturated rings. The monoisotopic (exact) mass is 443 g/mol. The van der Waals surface area contributed by atoms with Crippen molar-refractivity contribution >= 4 is 34.8 Å². The van der Waals surface area contributed by atoms with E-state index in [1.807, 2.05) is 69.0 Å². The molecule has 3 rings (SSSR count). The molecule has 2 aromatic rings. The average molecular weight is 444 g/mol. The maximum atomic E-state index is 12.6. The van der Waals surface area contributed by atoms with Gasteiger partial charge in [0.25, 0.3) is 5.91 Å². The van der Waals surface area contributed by atoms with Crippen molar-refractivity contribution in [2.24, 2.45) is 5.92 Å². The maximum Gasteiger partial charge on any atom is 0.262 e. The number of ether oxygens (including phenoxy) is 1. The van der Waals surface area contributed by atoms with Crippen LogP contribution in [0.15, 0.2) is 36.4 Å². The number of rotatable bonds is 6. The van der Waals surface area contributed by atoms with Crippen LogP contribution in [0.3, 0.4) is 0 Å². The second-order valence-electron chi connectivity index (χ2n) is 8.21. The van der Waals surface area contributed by atoms with Gasteiger partial charge in [-0.15, -0.1) is 0 Å². The lowest BCUT2D eigenvalue weighted by Gasteiger charge is -2.38. The lowest BCUT2D eigenvalue weighted by Crippen LogP contribution is -2.50. The van der Waals surface area contributed by atoms with Crippen LogP contribution < -0.4 is 15.0 Å². The fourth-order valence-corrected chi connectivity index (χ4v) is 4.04. The standard InChI is InChI=1S/C24H30ClN3O3/c1-16(2)24(30)28-12-10-27(11-13-28)23-19(25)6-5-7-20(23)26-22(29)15-31-21-9-8-17(3)14-18(21)4/h5-9,14,16H,10-13,15H2,1-4H3,(H,26,29). The third kappa shape index (κ3) is 5.70. The maximum absolute atomic E-state index is 12.6. The zero-order valence-corrected chi connectivity index (χ0v) is 19.3. The fraction of sp³-hybridized carbons (Fsp3) is 0.417. The molecule has 1 saturated heterocycles. The van der Waals surface area contributed by atoms with Gasteiger partial charge in [-0.25, -0.2) is 0 Å². The Bertz CT molecular complexity index is 953. The molecule has 7 heteroatoms. The van der Waals surface area contributed by atoms with Crippen molar-refractivity contribution in [2.45, 2.75) is 27.7 Å². The van der Waals surface area contributed by atoms with Gasteiger partial charge in [-0.05, 0) is 37.6 Å². The van der Waals surface area contributed by atoms with E-state index in [0.717, 1.165) is 16.8 Å². The van der Waals surface area contributed by atoms with E-state index in [-0.39, 0.29) is 24.3 Å². The Labute approximate surface area is 189 Å². The number of amides is 2. The average Bonchev–Trinajstić information content (AvgIpc) is 2.73. The summed E-state index contributed by atoms with van der Waals surface area (Å²) in [6.07, 6.45) is 0. The summed E-state index contributed by atoms with van der Waals surface area (Å²) in [5.41, 5.74) is 3.56. The van der Waals surface area contributed by atoms with E-state index in [1.54, 1.807) is 0 Å². The van der Waals surface area contributed by atoms with Crippen molar-refractivity contribution in [3.8, 4) is 5.75 Å².